The van der Waals surface area contributed by atoms with Crippen molar-refractivity contribution in [3.05, 3.63) is 34.9 Å². The molecule has 2 aliphatic rings. The molecule has 3 heteroatoms. The molecule has 20 heavy (non-hydrogen) atoms. The predicted molar refractivity (Wildman–Crippen MR) is 78.2 cm³/mol. The average Bonchev–Trinajstić information content (AvgIpc) is 2.36. The molecule has 108 valence electrons. The van der Waals surface area contributed by atoms with Crippen LogP contribution in [-0.2, 0) is 0 Å². The lowest BCUT2D eigenvalue weighted by atomic mass is 9.67. The molecule has 0 bridgehead atoms. The number of hydrogen-bond donors (Lipinski definition) is 2. The highest BCUT2D eigenvalue weighted by molar-refractivity contribution is 5.52. The molecule has 1 aliphatic heterocycles. The number of phenolic OH excluding ortho intramolecular Hbond substituents is 1. The first-order chi connectivity index (χ1) is 9.42. The van der Waals surface area contributed by atoms with Crippen LogP contribution < -0.4 is 4.74 Å². The van der Waals surface area contributed by atoms with Crippen molar-refractivity contribution < 1.29 is 14.9 Å². The van der Waals surface area contributed by atoms with E-state index in [1.807, 2.05) is 13.0 Å². The van der Waals surface area contributed by atoms with Crippen LogP contribution in [-0.4, -0.2) is 22.4 Å². The first kappa shape index (κ1) is 13.5. The van der Waals surface area contributed by atoms with Crippen molar-refractivity contribution in [1.82, 2.24) is 0 Å². The van der Waals surface area contributed by atoms with E-state index in [0.717, 1.165) is 35.3 Å². The molecule has 0 spiro atoms. The fraction of sp³-hybridized carbons (Fsp3) is 0.529. The maximum atomic E-state index is 10.3. The first-order valence-electron chi connectivity index (χ1n) is 7.23. The van der Waals surface area contributed by atoms with Gasteiger partial charge in [0.15, 0.2) is 0 Å². The molecule has 3 nitrogen and oxygen atoms in total. The Morgan fingerprint density at radius 2 is 2.10 bits per heavy atom. The van der Waals surface area contributed by atoms with Gasteiger partial charge in [-0.1, -0.05) is 6.08 Å². The summed E-state index contributed by atoms with van der Waals surface area (Å²) in [6.07, 6.45) is 3.82. The Kier molecular flexibility index (Phi) is 3.05. The van der Waals surface area contributed by atoms with Gasteiger partial charge in [0.05, 0.1) is 6.61 Å². The zero-order chi connectivity index (χ0) is 14.5. The van der Waals surface area contributed by atoms with Crippen LogP contribution in [0, 0.1) is 12.8 Å². The summed E-state index contributed by atoms with van der Waals surface area (Å²) in [4.78, 5) is 0. The number of phenols is 1. The lowest BCUT2D eigenvalue weighted by Gasteiger charge is -2.47. The number of fused-ring (bicyclic) bond motifs is 3. The lowest BCUT2D eigenvalue weighted by molar-refractivity contribution is 0.00677. The zero-order valence-electron chi connectivity index (χ0n) is 12.3. The number of hydrogen-bond acceptors (Lipinski definition) is 3. The van der Waals surface area contributed by atoms with Crippen molar-refractivity contribution in [3.63, 3.8) is 0 Å². The SMILES string of the molecule is Cc1cc(O)c2c(c1)OC(C)(C)[C@H]1CC=C(CO)C[C@H]21. The Morgan fingerprint density at radius 1 is 1.35 bits per heavy atom. The summed E-state index contributed by atoms with van der Waals surface area (Å²) in [5.41, 5.74) is 2.73. The largest absolute Gasteiger partial charge is 0.508 e. The van der Waals surface area contributed by atoms with E-state index in [1.165, 1.54) is 0 Å². The summed E-state index contributed by atoms with van der Waals surface area (Å²) in [5, 5.41) is 19.8. The number of rotatable bonds is 1. The van der Waals surface area contributed by atoms with Crippen LogP contribution in [0.2, 0.25) is 0 Å². The molecule has 0 radical (unpaired) electrons. The molecule has 3 rings (SSSR count). The minimum Gasteiger partial charge on any atom is -0.508 e. The number of benzene rings is 1. The van der Waals surface area contributed by atoms with E-state index in [-0.39, 0.29) is 18.1 Å². The second kappa shape index (κ2) is 4.52. The van der Waals surface area contributed by atoms with Crippen LogP contribution in [0.25, 0.3) is 0 Å². The molecule has 2 N–H and O–H groups in total. The summed E-state index contributed by atoms with van der Waals surface area (Å²) in [6.45, 7) is 6.30. The van der Waals surface area contributed by atoms with Gasteiger partial charge in [-0.2, -0.15) is 0 Å². The van der Waals surface area contributed by atoms with Crippen LogP contribution in [0.3, 0.4) is 0 Å². The number of aliphatic hydroxyl groups excluding tert-OH is 1. The quantitative estimate of drug-likeness (QED) is 0.773. The van der Waals surface area contributed by atoms with Gasteiger partial charge >= 0.3 is 0 Å². The first-order valence-corrected chi connectivity index (χ1v) is 7.23. The topological polar surface area (TPSA) is 49.7 Å². The van der Waals surface area contributed by atoms with Gasteiger partial charge < -0.3 is 14.9 Å². The molecular weight excluding hydrogens is 252 g/mol. The highest BCUT2D eigenvalue weighted by Gasteiger charge is 2.45. The zero-order valence-corrected chi connectivity index (χ0v) is 12.3. The molecule has 1 heterocycles. The Hall–Kier alpha value is -1.48. The molecule has 0 aromatic heterocycles. The average molecular weight is 274 g/mol. The van der Waals surface area contributed by atoms with Crippen LogP contribution >= 0.6 is 0 Å². The molecule has 1 aromatic carbocycles. The van der Waals surface area contributed by atoms with Gasteiger partial charge in [0, 0.05) is 17.4 Å². The van der Waals surface area contributed by atoms with Gasteiger partial charge in [0.25, 0.3) is 0 Å². The van der Waals surface area contributed by atoms with E-state index >= 15 is 0 Å². The van der Waals surface area contributed by atoms with Crippen LogP contribution in [0.1, 0.15) is 43.7 Å². The van der Waals surface area contributed by atoms with Gasteiger partial charge in [-0.05, 0) is 56.9 Å². The fourth-order valence-electron chi connectivity index (χ4n) is 3.73. The second-order valence-corrected chi connectivity index (χ2v) is 6.57. The van der Waals surface area contributed by atoms with E-state index in [2.05, 4.69) is 19.9 Å². The van der Waals surface area contributed by atoms with Gasteiger partial charge in [0.2, 0.25) is 0 Å². The van der Waals surface area contributed by atoms with Crippen molar-refractivity contribution in [2.75, 3.05) is 6.61 Å². The molecule has 0 unspecified atom stereocenters. The molecule has 1 aromatic rings. The molecule has 0 fully saturated rings. The Labute approximate surface area is 119 Å². The van der Waals surface area contributed by atoms with Crippen molar-refractivity contribution >= 4 is 0 Å². The highest BCUT2D eigenvalue weighted by atomic mass is 16.5. The van der Waals surface area contributed by atoms with E-state index in [9.17, 15) is 10.2 Å². The Bertz CT molecular complexity index is 572. The number of aromatic hydroxyl groups is 1. The second-order valence-electron chi connectivity index (χ2n) is 6.57. The van der Waals surface area contributed by atoms with E-state index in [1.54, 1.807) is 6.07 Å². The number of allylic oxidation sites excluding steroid dienone is 1. The maximum Gasteiger partial charge on any atom is 0.127 e. The summed E-state index contributed by atoms with van der Waals surface area (Å²) in [6, 6.07) is 3.80. The maximum absolute atomic E-state index is 10.3. The Morgan fingerprint density at radius 3 is 2.80 bits per heavy atom. The van der Waals surface area contributed by atoms with E-state index in [0.29, 0.717) is 11.7 Å². The van der Waals surface area contributed by atoms with Gasteiger partial charge in [-0.15, -0.1) is 0 Å². The normalized spacial score (nSPS) is 27.1. The summed E-state index contributed by atoms with van der Waals surface area (Å²) < 4.78 is 6.17. The van der Waals surface area contributed by atoms with E-state index < -0.39 is 0 Å². The van der Waals surface area contributed by atoms with Crippen molar-refractivity contribution in [3.8, 4) is 11.5 Å². The molecule has 0 saturated carbocycles. The summed E-state index contributed by atoms with van der Waals surface area (Å²) >= 11 is 0. The summed E-state index contributed by atoms with van der Waals surface area (Å²) in [7, 11) is 0. The van der Waals surface area contributed by atoms with Gasteiger partial charge in [-0.25, -0.2) is 0 Å². The standard InChI is InChI=1S/C17H22O3/c1-10-6-14(19)16-12-8-11(9-18)4-5-13(12)17(2,3)20-15(16)7-10/h4,6-7,12-13,18-19H,5,8-9H2,1-3H3/t12-,13-/m0/s1. The lowest BCUT2D eigenvalue weighted by Crippen LogP contribution is -2.45. The van der Waals surface area contributed by atoms with Gasteiger partial charge in [0.1, 0.15) is 17.1 Å². The number of aliphatic hydroxyl groups is 1. The number of ether oxygens (including phenoxy) is 1. The number of aryl methyl sites for hydroxylation is 1. The monoisotopic (exact) mass is 274 g/mol. The minimum absolute atomic E-state index is 0.104. The van der Waals surface area contributed by atoms with Crippen LogP contribution in [0.5, 0.6) is 11.5 Å². The summed E-state index contributed by atoms with van der Waals surface area (Å²) in [5.74, 6) is 1.68. The molecule has 0 saturated heterocycles. The van der Waals surface area contributed by atoms with Crippen LogP contribution in [0.4, 0.5) is 0 Å². The third-order valence-electron chi connectivity index (χ3n) is 4.73. The van der Waals surface area contributed by atoms with Crippen molar-refractivity contribution in [2.45, 2.75) is 45.1 Å². The minimum atomic E-state index is -0.255. The third-order valence-corrected chi connectivity index (χ3v) is 4.73. The molecule has 0 amide bonds. The highest BCUT2D eigenvalue weighted by Crippen LogP contribution is 2.54. The Balaban J connectivity index is 2.13. The van der Waals surface area contributed by atoms with Crippen molar-refractivity contribution in [2.24, 2.45) is 5.92 Å². The smallest absolute Gasteiger partial charge is 0.127 e. The van der Waals surface area contributed by atoms with Gasteiger partial charge in [-0.3, -0.25) is 0 Å². The fourth-order valence-corrected chi connectivity index (χ4v) is 3.73. The van der Waals surface area contributed by atoms with E-state index in [4.69, 9.17) is 4.74 Å². The van der Waals surface area contributed by atoms with Crippen LogP contribution in [0.15, 0.2) is 23.8 Å². The molecular formula is C17H22O3. The molecule has 2 atom stereocenters. The predicted octanol–water partition coefficient (Wildman–Crippen LogP) is 3.28. The van der Waals surface area contributed by atoms with Crippen molar-refractivity contribution in [1.29, 1.82) is 0 Å². The molecule has 1 aliphatic carbocycles. The third kappa shape index (κ3) is 2.01.